The Bertz CT molecular complexity index is 498. The monoisotopic (exact) mass is 303 g/mol. The van der Waals surface area contributed by atoms with E-state index in [1.54, 1.807) is 12.1 Å². The largest absolute Gasteiger partial charge is 0.351 e. The van der Waals surface area contributed by atoms with Crippen molar-refractivity contribution >= 4 is 21.8 Å². The molecule has 0 radical (unpaired) electrons. The molecular formula is C15H14BrNO. The predicted molar refractivity (Wildman–Crippen MR) is 76.9 cm³/mol. The second-order valence-corrected chi connectivity index (χ2v) is 5.06. The molecule has 0 saturated heterocycles. The molecule has 92 valence electrons. The fourth-order valence-corrected chi connectivity index (χ4v) is 2.12. The van der Waals surface area contributed by atoms with Crippen molar-refractivity contribution in [2.24, 2.45) is 0 Å². The van der Waals surface area contributed by atoms with Crippen molar-refractivity contribution in [1.29, 1.82) is 0 Å². The fourth-order valence-electron chi connectivity index (χ4n) is 1.65. The van der Waals surface area contributed by atoms with Crippen molar-refractivity contribution < 1.29 is 4.79 Å². The minimum Gasteiger partial charge on any atom is -0.351 e. The minimum atomic E-state index is -0.0454. The molecule has 0 fully saturated rings. The van der Waals surface area contributed by atoms with Crippen molar-refractivity contribution in [2.45, 2.75) is 4.83 Å². The molecule has 0 aliphatic heterocycles. The van der Waals surface area contributed by atoms with Gasteiger partial charge < -0.3 is 5.32 Å². The van der Waals surface area contributed by atoms with E-state index in [0.29, 0.717) is 12.1 Å². The van der Waals surface area contributed by atoms with Gasteiger partial charge in [0.2, 0.25) is 0 Å². The molecule has 1 atom stereocenters. The van der Waals surface area contributed by atoms with Gasteiger partial charge in [-0.25, -0.2) is 0 Å². The highest BCUT2D eigenvalue weighted by atomic mass is 79.9. The van der Waals surface area contributed by atoms with Crippen LogP contribution in [0.2, 0.25) is 0 Å². The third-order valence-corrected chi connectivity index (χ3v) is 3.49. The van der Waals surface area contributed by atoms with Crippen LogP contribution in [0.25, 0.3) is 0 Å². The van der Waals surface area contributed by atoms with Gasteiger partial charge in [0.15, 0.2) is 0 Å². The third kappa shape index (κ3) is 3.44. The molecule has 0 heterocycles. The van der Waals surface area contributed by atoms with Gasteiger partial charge in [-0.15, -0.1) is 0 Å². The van der Waals surface area contributed by atoms with E-state index in [1.807, 2.05) is 48.5 Å². The van der Waals surface area contributed by atoms with Crippen molar-refractivity contribution in [2.75, 3.05) is 6.54 Å². The maximum absolute atomic E-state index is 11.8. The van der Waals surface area contributed by atoms with Gasteiger partial charge in [-0.05, 0) is 17.7 Å². The first-order valence-electron chi connectivity index (χ1n) is 5.79. The van der Waals surface area contributed by atoms with Crippen LogP contribution in [0.4, 0.5) is 0 Å². The molecule has 1 amide bonds. The van der Waals surface area contributed by atoms with Crippen molar-refractivity contribution in [3.05, 3.63) is 71.8 Å². The molecule has 0 bridgehead atoms. The normalized spacial score (nSPS) is 11.8. The minimum absolute atomic E-state index is 0.0454. The molecule has 0 aromatic heterocycles. The lowest BCUT2D eigenvalue weighted by molar-refractivity contribution is 0.0954. The Balaban J connectivity index is 1.91. The van der Waals surface area contributed by atoms with Gasteiger partial charge in [0.05, 0.1) is 4.83 Å². The lowest BCUT2D eigenvalue weighted by Gasteiger charge is -2.11. The second kappa shape index (κ2) is 6.36. The Labute approximate surface area is 115 Å². The van der Waals surface area contributed by atoms with E-state index in [4.69, 9.17) is 0 Å². The first-order valence-corrected chi connectivity index (χ1v) is 6.71. The van der Waals surface area contributed by atoms with Gasteiger partial charge in [-0.3, -0.25) is 4.79 Å². The zero-order valence-corrected chi connectivity index (χ0v) is 11.4. The van der Waals surface area contributed by atoms with Gasteiger partial charge >= 0.3 is 0 Å². The molecule has 2 aromatic rings. The van der Waals surface area contributed by atoms with Crippen LogP contribution < -0.4 is 5.32 Å². The number of halogens is 1. The first kappa shape index (κ1) is 12.8. The van der Waals surface area contributed by atoms with E-state index in [9.17, 15) is 4.79 Å². The van der Waals surface area contributed by atoms with Crippen molar-refractivity contribution in [3.63, 3.8) is 0 Å². The summed E-state index contributed by atoms with van der Waals surface area (Å²) in [5, 5.41) is 2.91. The van der Waals surface area contributed by atoms with Crippen LogP contribution in [0.3, 0.4) is 0 Å². The van der Waals surface area contributed by atoms with Crippen LogP contribution in [-0.2, 0) is 0 Å². The van der Waals surface area contributed by atoms with E-state index in [2.05, 4.69) is 21.2 Å². The summed E-state index contributed by atoms with van der Waals surface area (Å²) >= 11 is 3.57. The van der Waals surface area contributed by atoms with Gasteiger partial charge in [0, 0.05) is 12.1 Å². The van der Waals surface area contributed by atoms with Gasteiger partial charge in [-0.2, -0.15) is 0 Å². The summed E-state index contributed by atoms with van der Waals surface area (Å²) < 4.78 is 0. The van der Waals surface area contributed by atoms with Crippen LogP contribution in [-0.4, -0.2) is 12.5 Å². The Kier molecular flexibility index (Phi) is 4.53. The van der Waals surface area contributed by atoms with Crippen molar-refractivity contribution in [3.8, 4) is 0 Å². The summed E-state index contributed by atoms with van der Waals surface area (Å²) in [6.07, 6.45) is 0. The molecule has 18 heavy (non-hydrogen) atoms. The number of hydrogen-bond acceptors (Lipinski definition) is 1. The lowest BCUT2D eigenvalue weighted by Crippen LogP contribution is -2.26. The quantitative estimate of drug-likeness (QED) is 0.860. The maximum atomic E-state index is 11.8. The molecule has 2 rings (SSSR count). The zero-order chi connectivity index (χ0) is 12.8. The molecule has 0 spiro atoms. The Morgan fingerprint density at radius 1 is 1.00 bits per heavy atom. The molecule has 0 saturated carbocycles. The van der Waals surface area contributed by atoms with Gasteiger partial charge in [0.1, 0.15) is 0 Å². The number of rotatable bonds is 4. The zero-order valence-electron chi connectivity index (χ0n) is 9.84. The van der Waals surface area contributed by atoms with Crippen LogP contribution in [0.5, 0.6) is 0 Å². The van der Waals surface area contributed by atoms with Gasteiger partial charge in [-0.1, -0.05) is 64.5 Å². The second-order valence-electron chi connectivity index (χ2n) is 3.95. The fraction of sp³-hybridized carbons (Fsp3) is 0.133. The number of hydrogen-bond donors (Lipinski definition) is 1. The Morgan fingerprint density at radius 2 is 1.56 bits per heavy atom. The standard InChI is InChI=1S/C15H14BrNO/c16-14(12-7-3-1-4-8-12)11-17-15(18)13-9-5-2-6-10-13/h1-10,14H,11H2,(H,17,18). The van der Waals surface area contributed by atoms with Crippen LogP contribution in [0.1, 0.15) is 20.7 Å². The summed E-state index contributed by atoms with van der Waals surface area (Å²) in [6, 6.07) is 19.3. The summed E-state index contributed by atoms with van der Waals surface area (Å²) in [5.41, 5.74) is 1.84. The molecule has 0 aliphatic carbocycles. The SMILES string of the molecule is O=C(NCC(Br)c1ccccc1)c1ccccc1. The van der Waals surface area contributed by atoms with Gasteiger partial charge in [0.25, 0.3) is 5.91 Å². The summed E-state index contributed by atoms with van der Waals surface area (Å²) in [6.45, 7) is 0.567. The molecule has 1 unspecified atom stereocenters. The number of amides is 1. The topological polar surface area (TPSA) is 29.1 Å². The van der Waals surface area contributed by atoms with Crippen molar-refractivity contribution in [1.82, 2.24) is 5.32 Å². The van der Waals surface area contributed by atoms with Crippen LogP contribution >= 0.6 is 15.9 Å². The van der Waals surface area contributed by atoms with E-state index in [0.717, 1.165) is 5.56 Å². The first-order chi connectivity index (χ1) is 8.77. The molecule has 3 heteroatoms. The van der Waals surface area contributed by atoms with E-state index >= 15 is 0 Å². The van der Waals surface area contributed by atoms with Crippen LogP contribution in [0, 0.1) is 0 Å². The predicted octanol–water partition coefficient (Wildman–Crippen LogP) is 3.55. The third-order valence-electron chi connectivity index (χ3n) is 2.64. The molecular weight excluding hydrogens is 290 g/mol. The van der Waals surface area contributed by atoms with E-state index in [-0.39, 0.29) is 10.7 Å². The average Bonchev–Trinajstić information content (AvgIpc) is 2.46. The van der Waals surface area contributed by atoms with Crippen LogP contribution in [0.15, 0.2) is 60.7 Å². The smallest absolute Gasteiger partial charge is 0.251 e. The highest BCUT2D eigenvalue weighted by molar-refractivity contribution is 9.09. The number of alkyl halides is 1. The number of benzene rings is 2. The molecule has 2 nitrogen and oxygen atoms in total. The Morgan fingerprint density at radius 3 is 2.17 bits per heavy atom. The summed E-state index contributed by atoms with van der Waals surface area (Å²) in [5.74, 6) is -0.0454. The summed E-state index contributed by atoms with van der Waals surface area (Å²) in [7, 11) is 0. The average molecular weight is 304 g/mol. The molecule has 1 N–H and O–H groups in total. The number of carbonyl (C=O) groups excluding carboxylic acids is 1. The Hall–Kier alpha value is -1.61. The molecule has 0 aliphatic rings. The number of carbonyl (C=O) groups is 1. The lowest BCUT2D eigenvalue weighted by atomic mass is 10.1. The van der Waals surface area contributed by atoms with E-state index in [1.165, 1.54) is 0 Å². The highest BCUT2D eigenvalue weighted by Gasteiger charge is 2.09. The highest BCUT2D eigenvalue weighted by Crippen LogP contribution is 2.21. The van der Waals surface area contributed by atoms with E-state index < -0.39 is 0 Å². The maximum Gasteiger partial charge on any atom is 0.251 e. The number of nitrogens with one attached hydrogen (secondary N) is 1. The summed E-state index contributed by atoms with van der Waals surface area (Å²) in [4.78, 5) is 12.0. The molecule has 2 aromatic carbocycles.